The first-order valence-electron chi connectivity index (χ1n) is 9.56. The van der Waals surface area contributed by atoms with E-state index in [-0.39, 0.29) is 0 Å². The molecule has 4 heteroatoms. The van der Waals surface area contributed by atoms with Gasteiger partial charge >= 0.3 is 5.97 Å². The van der Waals surface area contributed by atoms with Gasteiger partial charge in [-0.3, -0.25) is 4.90 Å². The normalized spacial score (nSPS) is 14.9. The number of benzene rings is 2. The number of hydrogen-bond donors (Lipinski definition) is 1. The molecular weight excluding hydrogens is 338 g/mol. The van der Waals surface area contributed by atoms with Crippen molar-refractivity contribution in [1.82, 2.24) is 4.90 Å². The summed E-state index contributed by atoms with van der Waals surface area (Å²) < 4.78 is 5.90. The number of ether oxygens (including phenoxy) is 1. The summed E-state index contributed by atoms with van der Waals surface area (Å²) >= 11 is 0. The molecule has 142 valence electrons. The summed E-state index contributed by atoms with van der Waals surface area (Å²) in [4.78, 5) is 13.2. The SMILES string of the molecule is O=C(O)C1=CCCN(CCOCCC(c2ccccc2)c2ccccc2)C1. The number of carboxylic acid groups (broad SMARTS) is 1. The fourth-order valence-corrected chi connectivity index (χ4v) is 3.55. The molecular formula is C23H27NO3. The minimum atomic E-state index is -0.811. The number of nitrogens with zero attached hydrogens (tertiary/aromatic N) is 1. The first kappa shape index (κ1) is 19.3. The molecule has 0 fully saturated rings. The standard InChI is InChI=1S/C23H27NO3/c25-23(26)21-12-7-14-24(18-21)15-17-27-16-13-22(19-8-3-1-4-9-19)20-10-5-2-6-11-20/h1-6,8-12,22H,7,13-18H2,(H,25,26). The van der Waals surface area contributed by atoms with Gasteiger partial charge in [0.05, 0.1) is 6.61 Å². The molecule has 1 aliphatic heterocycles. The van der Waals surface area contributed by atoms with Crippen LogP contribution in [-0.2, 0) is 9.53 Å². The molecule has 0 spiro atoms. The molecule has 2 aromatic carbocycles. The quantitative estimate of drug-likeness (QED) is 0.684. The van der Waals surface area contributed by atoms with Gasteiger partial charge in [-0.2, -0.15) is 0 Å². The van der Waals surface area contributed by atoms with Crippen LogP contribution < -0.4 is 0 Å². The molecule has 1 N–H and O–H groups in total. The summed E-state index contributed by atoms with van der Waals surface area (Å²) in [5.41, 5.74) is 3.11. The highest BCUT2D eigenvalue weighted by molar-refractivity contribution is 5.87. The van der Waals surface area contributed by atoms with Crippen molar-refractivity contribution in [3.05, 3.63) is 83.4 Å². The lowest BCUT2D eigenvalue weighted by Gasteiger charge is -2.25. The maximum absolute atomic E-state index is 11.1. The Balaban J connectivity index is 1.47. The first-order valence-corrected chi connectivity index (χ1v) is 9.56. The smallest absolute Gasteiger partial charge is 0.332 e. The number of carboxylic acids is 1. The summed E-state index contributed by atoms with van der Waals surface area (Å²) in [5, 5.41) is 9.12. The average Bonchev–Trinajstić information content (AvgIpc) is 2.72. The molecule has 0 saturated heterocycles. The van der Waals surface area contributed by atoms with E-state index in [2.05, 4.69) is 53.4 Å². The van der Waals surface area contributed by atoms with Crippen molar-refractivity contribution >= 4 is 5.97 Å². The monoisotopic (exact) mass is 365 g/mol. The maximum atomic E-state index is 11.1. The Morgan fingerprint density at radius 1 is 1.00 bits per heavy atom. The molecule has 27 heavy (non-hydrogen) atoms. The van der Waals surface area contributed by atoms with Crippen LogP contribution in [0.25, 0.3) is 0 Å². The molecule has 0 bridgehead atoms. The summed E-state index contributed by atoms with van der Waals surface area (Å²) in [5.74, 6) is -0.488. The molecule has 0 aliphatic carbocycles. The Hall–Kier alpha value is -2.43. The summed E-state index contributed by atoms with van der Waals surface area (Å²) in [6.07, 6.45) is 3.55. The lowest BCUT2D eigenvalue weighted by atomic mass is 9.89. The van der Waals surface area contributed by atoms with E-state index in [1.807, 2.05) is 18.2 Å². The van der Waals surface area contributed by atoms with Gasteiger partial charge in [-0.15, -0.1) is 0 Å². The molecule has 0 radical (unpaired) electrons. The Kier molecular flexibility index (Phi) is 7.19. The highest BCUT2D eigenvalue weighted by atomic mass is 16.5. The third-order valence-electron chi connectivity index (χ3n) is 5.01. The van der Waals surface area contributed by atoms with E-state index in [4.69, 9.17) is 9.84 Å². The molecule has 1 heterocycles. The second-order valence-corrected chi connectivity index (χ2v) is 6.87. The molecule has 0 saturated carbocycles. The second kappa shape index (κ2) is 10.0. The molecule has 0 amide bonds. The lowest BCUT2D eigenvalue weighted by molar-refractivity contribution is -0.133. The van der Waals surface area contributed by atoms with E-state index >= 15 is 0 Å². The Labute approximate surface area is 161 Å². The zero-order valence-electron chi connectivity index (χ0n) is 15.6. The lowest BCUT2D eigenvalue weighted by Crippen LogP contribution is -2.34. The highest BCUT2D eigenvalue weighted by Crippen LogP contribution is 2.27. The molecule has 4 nitrogen and oxygen atoms in total. The van der Waals surface area contributed by atoms with Gasteiger partial charge in [0.1, 0.15) is 0 Å². The van der Waals surface area contributed by atoms with E-state index in [1.54, 1.807) is 0 Å². The van der Waals surface area contributed by atoms with Crippen LogP contribution >= 0.6 is 0 Å². The van der Waals surface area contributed by atoms with Gasteiger partial charge < -0.3 is 9.84 Å². The summed E-state index contributed by atoms with van der Waals surface area (Å²) in [6, 6.07) is 21.1. The Bertz CT molecular complexity index is 703. The van der Waals surface area contributed by atoms with Crippen LogP contribution in [0.4, 0.5) is 0 Å². The minimum absolute atomic E-state index is 0.323. The third-order valence-corrected chi connectivity index (χ3v) is 5.01. The Morgan fingerprint density at radius 2 is 1.63 bits per heavy atom. The van der Waals surface area contributed by atoms with Gasteiger partial charge in [0.2, 0.25) is 0 Å². The molecule has 1 aliphatic rings. The van der Waals surface area contributed by atoms with Gasteiger partial charge in [0.15, 0.2) is 0 Å². The summed E-state index contributed by atoms with van der Waals surface area (Å²) in [7, 11) is 0. The van der Waals surface area contributed by atoms with E-state index < -0.39 is 5.97 Å². The first-order chi connectivity index (χ1) is 13.2. The predicted molar refractivity (Wildman–Crippen MR) is 107 cm³/mol. The largest absolute Gasteiger partial charge is 0.478 e. The van der Waals surface area contributed by atoms with Crippen LogP contribution in [0.3, 0.4) is 0 Å². The van der Waals surface area contributed by atoms with Crippen molar-refractivity contribution in [2.75, 3.05) is 32.8 Å². The number of aliphatic carboxylic acids is 1. The van der Waals surface area contributed by atoms with Crippen LogP contribution in [0.15, 0.2) is 72.3 Å². The molecule has 2 aromatic rings. The van der Waals surface area contributed by atoms with Crippen LogP contribution in [0, 0.1) is 0 Å². The van der Waals surface area contributed by atoms with Crippen molar-refractivity contribution in [3.63, 3.8) is 0 Å². The van der Waals surface area contributed by atoms with Crippen molar-refractivity contribution in [2.24, 2.45) is 0 Å². The van der Waals surface area contributed by atoms with Crippen molar-refractivity contribution in [1.29, 1.82) is 0 Å². The molecule has 0 atom stereocenters. The van der Waals surface area contributed by atoms with Gasteiger partial charge in [-0.1, -0.05) is 66.7 Å². The van der Waals surface area contributed by atoms with Gasteiger partial charge in [-0.25, -0.2) is 4.79 Å². The molecule has 3 rings (SSSR count). The fourth-order valence-electron chi connectivity index (χ4n) is 3.55. The van der Waals surface area contributed by atoms with Crippen molar-refractivity contribution < 1.29 is 14.6 Å². The van der Waals surface area contributed by atoms with Gasteiger partial charge in [0.25, 0.3) is 0 Å². The van der Waals surface area contributed by atoms with E-state index in [1.165, 1.54) is 11.1 Å². The minimum Gasteiger partial charge on any atom is -0.478 e. The molecule has 0 aromatic heterocycles. The van der Waals surface area contributed by atoms with Gasteiger partial charge in [0, 0.05) is 37.7 Å². The second-order valence-electron chi connectivity index (χ2n) is 6.87. The van der Waals surface area contributed by atoms with Crippen LogP contribution in [0.5, 0.6) is 0 Å². The summed E-state index contributed by atoms with van der Waals surface area (Å²) in [6.45, 7) is 3.49. The van der Waals surface area contributed by atoms with E-state index in [9.17, 15) is 4.79 Å². The van der Waals surface area contributed by atoms with Crippen molar-refractivity contribution in [2.45, 2.75) is 18.8 Å². The molecule has 0 unspecified atom stereocenters. The zero-order valence-corrected chi connectivity index (χ0v) is 15.6. The number of hydrogen-bond acceptors (Lipinski definition) is 3. The van der Waals surface area contributed by atoms with E-state index in [0.29, 0.717) is 31.2 Å². The fraction of sp³-hybridized carbons (Fsp3) is 0.348. The maximum Gasteiger partial charge on any atom is 0.332 e. The van der Waals surface area contributed by atoms with Crippen LogP contribution in [-0.4, -0.2) is 48.8 Å². The topological polar surface area (TPSA) is 49.8 Å². The average molecular weight is 365 g/mol. The van der Waals surface area contributed by atoms with E-state index in [0.717, 1.165) is 25.9 Å². The Morgan fingerprint density at radius 3 is 2.22 bits per heavy atom. The van der Waals surface area contributed by atoms with Crippen molar-refractivity contribution in [3.8, 4) is 0 Å². The number of rotatable bonds is 9. The van der Waals surface area contributed by atoms with Gasteiger partial charge in [-0.05, 0) is 24.0 Å². The van der Waals surface area contributed by atoms with Crippen LogP contribution in [0.1, 0.15) is 29.9 Å². The zero-order chi connectivity index (χ0) is 18.9. The number of carbonyl (C=O) groups is 1. The van der Waals surface area contributed by atoms with Crippen LogP contribution in [0.2, 0.25) is 0 Å². The third kappa shape index (κ3) is 5.78. The highest BCUT2D eigenvalue weighted by Gasteiger charge is 2.17. The predicted octanol–water partition coefficient (Wildman–Crippen LogP) is 3.94.